The van der Waals surface area contributed by atoms with Crippen LogP contribution in [0.2, 0.25) is 0 Å². The number of aromatic amines is 1. The van der Waals surface area contributed by atoms with E-state index in [0.29, 0.717) is 5.03 Å². The lowest BCUT2D eigenvalue weighted by molar-refractivity contribution is 0.0499. The number of hydrogen-bond donors (Lipinski definition) is 3. The number of ether oxygens (including phenoxy) is 1. The number of amides is 1. The number of nitrogens with one attached hydrogen (secondary N) is 2. The van der Waals surface area contributed by atoms with Gasteiger partial charge in [-0.1, -0.05) is 16.9 Å². The Kier molecular flexibility index (Phi) is 5.62. The highest BCUT2D eigenvalue weighted by Gasteiger charge is 2.20. The Labute approximate surface area is 140 Å². The van der Waals surface area contributed by atoms with E-state index < -0.39 is 23.6 Å². The smallest absolute Gasteiger partial charge is 0.439 e. The number of rotatable bonds is 6. The third-order valence-corrected chi connectivity index (χ3v) is 3.51. The maximum Gasteiger partial charge on any atom is 0.439 e. The summed E-state index contributed by atoms with van der Waals surface area (Å²) in [5.74, 6) is -0.463. The van der Waals surface area contributed by atoms with Gasteiger partial charge in [0, 0.05) is 12.3 Å². The van der Waals surface area contributed by atoms with Crippen LogP contribution < -0.4 is 11.1 Å². The monoisotopic (exact) mass is 359 g/mol. The number of nitrogens with zero attached hydrogens (tertiary/aromatic N) is 3. The second-order valence-electron chi connectivity index (χ2n) is 5.71. The fourth-order valence-electron chi connectivity index (χ4n) is 1.50. The van der Waals surface area contributed by atoms with Crippen molar-refractivity contribution in [2.24, 2.45) is 0 Å². The highest BCUT2D eigenvalue weighted by atomic mass is 32.2. The van der Waals surface area contributed by atoms with Crippen LogP contribution in [-0.2, 0) is 4.74 Å². The Morgan fingerprint density at radius 3 is 2.79 bits per heavy atom. The number of thioether (sulfide) groups is 1. The highest BCUT2D eigenvalue weighted by molar-refractivity contribution is 7.99. The van der Waals surface area contributed by atoms with Crippen LogP contribution in [0.4, 0.5) is 4.79 Å². The van der Waals surface area contributed by atoms with Gasteiger partial charge in [0.15, 0.2) is 10.7 Å². The van der Waals surface area contributed by atoms with Crippen LogP contribution in [0.15, 0.2) is 19.0 Å². The average Bonchev–Trinajstić information content (AvgIpc) is 3.09. The first-order valence-corrected chi connectivity index (χ1v) is 7.90. The predicted octanol–water partition coefficient (Wildman–Crippen LogP) is 0.391. The standard InChI is InChI=1S/C12H17N5O6S/c1-12(2,3)21-10(19)13-4-6(18)5-24-9-7(15-23-17-9)8-14-11(20)22-16-8/h6,18H,4-5H2,1-3H3,(H,13,19)(H,14,16,20). The molecule has 1 amide bonds. The van der Waals surface area contributed by atoms with Crippen molar-refractivity contribution in [3.05, 3.63) is 10.6 Å². The van der Waals surface area contributed by atoms with Crippen molar-refractivity contribution in [2.45, 2.75) is 37.5 Å². The van der Waals surface area contributed by atoms with Gasteiger partial charge in [0.2, 0.25) is 5.82 Å². The van der Waals surface area contributed by atoms with Gasteiger partial charge in [-0.3, -0.25) is 9.51 Å². The minimum absolute atomic E-state index is 0.00329. The molecule has 2 heterocycles. The van der Waals surface area contributed by atoms with Crippen molar-refractivity contribution in [1.82, 2.24) is 25.8 Å². The number of aliphatic hydroxyl groups is 1. The summed E-state index contributed by atoms with van der Waals surface area (Å²) in [6, 6.07) is 0. The van der Waals surface area contributed by atoms with Crippen molar-refractivity contribution in [3.63, 3.8) is 0 Å². The summed E-state index contributed by atoms with van der Waals surface area (Å²) in [6.45, 7) is 5.23. The number of alkyl carbamates (subject to hydrolysis) is 1. The lowest BCUT2D eigenvalue weighted by atomic mass is 10.2. The summed E-state index contributed by atoms with van der Waals surface area (Å²) in [4.78, 5) is 24.8. The fraction of sp³-hybridized carbons (Fsp3) is 0.583. The lowest BCUT2D eigenvalue weighted by Gasteiger charge is -2.20. The number of aromatic nitrogens is 4. The first-order valence-electron chi connectivity index (χ1n) is 6.91. The van der Waals surface area contributed by atoms with Crippen molar-refractivity contribution < 1.29 is 23.8 Å². The maximum absolute atomic E-state index is 11.5. The van der Waals surface area contributed by atoms with Crippen LogP contribution in [0.5, 0.6) is 0 Å². The molecular formula is C12H17N5O6S. The van der Waals surface area contributed by atoms with Gasteiger partial charge in [0.1, 0.15) is 5.60 Å². The fourth-order valence-corrected chi connectivity index (χ4v) is 2.33. The van der Waals surface area contributed by atoms with E-state index in [2.05, 4.69) is 34.9 Å². The lowest BCUT2D eigenvalue weighted by Crippen LogP contribution is -2.37. The van der Waals surface area contributed by atoms with Gasteiger partial charge in [-0.2, -0.15) is 0 Å². The minimum atomic E-state index is -0.858. The van der Waals surface area contributed by atoms with E-state index in [1.807, 2.05) is 0 Å². The summed E-state index contributed by atoms with van der Waals surface area (Å²) in [5.41, 5.74) is -0.419. The quantitative estimate of drug-likeness (QED) is 0.616. The molecule has 0 saturated heterocycles. The van der Waals surface area contributed by atoms with E-state index in [-0.39, 0.29) is 23.8 Å². The molecule has 0 bridgehead atoms. The highest BCUT2D eigenvalue weighted by Crippen LogP contribution is 2.25. The molecule has 12 heteroatoms. The molecule has 0 radical (unpaired) electrons. The van der Waals surface area contributed by atoms with Crippen molar-refractivity contribution in [1.29, 1.82) is 0 Å². The molecule has 2 aromatic heterocycles. The van der Waals surface area contributed by atoms with Gasteiger partial charge in [-0.05, 0) is 31.1 Å². The summed E-state index contributed by atoms with van der Waals surface area (Å²) >= 11 is 1.12. The third kappa shape index (κ3) is 5.38. The second kappa shape index (κ2) is 7.49. The van der Waals surface area contributed by atoms with Crippen LogP contribution in [0.1, 0.15) is 20.8 Å². The minimum Gasteiger partial charge on any atom is -0.444 e. The largest absolute Gasteiger partial charge is 0.444 e. The molecule has 1 atom stereocenters. The van der Waals surface area contributed by atoms with E-state index in [9.17, 15) is 14.7 Å². The molecule has 0 fully saturated rings. The normalized spacial score (nSPS) is 12.8. The molecule has 0 aliphatic rings. The first kappa shape index (κ1) is 18.0. The zero-order chi connectivity index (χ0) is 17.7. The average molecular weight is 359 g/mol. The number of H-pyrrole nitrogens is 1. The molecule has 1 unspecified atom stereocenters. The van der Waals surface area contributed by atoms with Gasteiger partial charge in [-0.25, -0.2) is 14.2 Å². The summed E-state index contributed by atoms with van der Waals surface area (Å²) in [6.07, 6.45) is -1.47. The molecule has 11 nitrogen and oxygen atoms in total. The number of carbonyl (C=O) groups is 1. The molecule has 2 aromatic rings. The second-order valence-corrected chi connectivity index (χ2v) is 6.72. The summed E-state index contributed by atoms with van der Waals surface area (Å²) < 4.78 is 14.0. The summed E-state index contributed by atoms with van der Waals surface area (Å²) in [5, 5.41) is 23.4. The van der Waals surface area contributed by atoms with E-state index in [1.54, 1.807) is 20.8 Å². The Balaban J connectivity index is 1.83. The molecule has 0 saturated carbocycles. The van der Waals surface area contributed by atoms with Gasteiger partial charge in [0.25, 0.3) is 0 Å². The molecule has 24 heavy (non-hydrogen) atoms. The van der Waals surface area contributed by atoms with E-state index in [0.717, 1.165) is 11.8 Å². The van der Waals surface area contributed by atoms with Crippen LogP contribution in [0.25, 0.3) is 11.5 Å². The predicted molar refractivity (Wildman–Crippen MR) is 81.4 cm³/mol. The van der Waals surface area contributed by atoms with Crippen LogP contribution in [-0.4, -0.2) is 55.7 Å². The zero-order valence-corrected chi connectivity index (χ0v) is 14.0. The molecule has 0 aliphatic carbocycles. The van der Waals surface area contributed by atoms with Gasteiger partial charge in [-0.15, -0.1) is 0 Å². The van der Waals surface area contributed by atoms with Gasteiger partial charge < -0.3 is 15.2 Å². The van der Waals surface area contributed by atoms with E-state index in [4.69, 9.17) is 4.74 Å². The van der Waals surface area contributed by atoms with Crippen LogP contribution >= 0.6 is 11.8 Å². The Morgan fingerprint density at radius 2 is 2.17 bits per heavy atom. The Bertz CT molecular complexity index is 733. The van der Waals surface area contributed by atoms with E-state index in [1.165, 1.54) is 0 Å². The molecule has 3 N–H and O–H groups in total. The molecule has 0 aromatic carbocycles. The molecule has 0 aliphatic heterocycles. The van der Waals surface area contributed by atoms with Crippen molar-refractivity contribution >= 4 is 17.9 Å². The maximum atomic E-state index is 11.5. The zero-order valence-electron chi connectivity index (χ0n) is 13.2. The van der Waals surface area contributed by atoms with Crippen molar-refractivity contribution in [3.8, 4) is 11.5 Å². The Morgan fingerprint density at radius 1 is 1.42 bits per heavy atom. The Hall–Kier alpha value is -2.34. The molecule has 0 spiro atoms. The van der Waals surface area contributed by atoms with E-state index >= 15 is 0 Å². The molecule has 2 rings (SSSR count). The SMILES string of the molecule is CC(C)(C)OC(=O)NCC(O)CSc1nonc1-c1noc(=O)[nH]1. The molecular weight excluding hydrogens is 342 g/mol. The van der Waals surface area contributed by atoms with Gasteiger partial charge >= 0.3 is 11.8 Å². The van der Waals surface area contributed by atoms with Crippen LogP contribution in [0, 0.1) is 0 Å². The first-order chi connectivity index (χ1) is 11.2. The topological polar surface area (TPSA) is 156 Å². The third-order valence-electron chi connectivity index (χ3n) is 2.42. The van der Waals surface area contributed by atoms with Gasteiger partial charge in [0.05, 0.1) is 6.10 Å². The summed E-state index contributed by atoms with van der Waals surface area (Å²) in [7, 11) is 0. The van der Waals surface area contributed by atoms with Crippen LogP contribution in [0.3, 0.4) is 0 Å². The molecule has 132 valence electrons. The number of carbonyl (C=O) groups excluding carboxylic acids is 1. The van der Waals surface area contributed by atoms with Crippen molar-refractivity contribution in [2.75, 3.05) is 12.3 Å². The number of hydrogen-bond acceptors (Lipinski definition) is 10. The number of aliphatic hydroxyl groups excluding tert-OH is 1.